The Labute approximate surface area is 195 Å². The highest BCUT2D eigenvalue weighted by Gasteiger charge is 2.22. The van der Waals surface area contributed by atoms with Crippen LogP contribution in [0.1, 0.15) is 42.8 Å². The molecule has 2 unspecified atom stereocenters. The fourth-order valence-corrected chi connectivity index (χ4v) is 4.20. The fourth-order valence-electron chi connectivity index (χ4n) is 3.88. The minimum absolute atomic E-state index is 0.259. The number of fused-ring (bicyclic) bond motifs is 1. The van der Waals surface area contributed by atoms with Crippen molar-refractivity contribution >= 4 is 34.2 Å². The molecule has 2 heterocycles. The minimum Gasteiger partial charge on any atom is -0.391 e. The van der Waals surface area contributed by atoms with Crippen LogP contribution in [0.25, 0.3) is 11.0 Å². The largest absolute Gasteiger partial charge is 0.391 e. The molecule has 0 radical (unpaired) electrons. The number of rotatable bonds is 8. The van der Waals surface area contributed by atoms with Gasteiger partial charge in [-0.15, -0.1) is 0 Å². The number of H-pyrrole nitrogens is 1. The standard InChI is InChI=1S/C24H24Cl2N4O2/c1-15(31)21(9-5-8-16-6-3-2-4-7-16)30-23-18(14-27-30)24(32)29-22(28-23)13-17-10-11-19(25)20(26)12-17/h2-4,6-7,10-12,14-15,21,31H,5,8-9,13H2,1H3,(H,28,29,32). The summed E-state index contributed by atoms with van der Waals surface area (Å²) in [6.45, 7) is 1.74. The molecule has 6 nitrogen and oxygen atoms in total. The number of aliphatic hydroxyl groups excluding tert-OH is 1. The molecule has 0 spiro atoms. The molecule has 32 heavy (non-hydrogen) atoms. The lowest BCUT2D eigenvalue weighted by molar-refractivity contribution is 0.118. The topological polar surface area (TPSA) is 83.8 Å². The monoisotopic (exact) mass is 470 g/mol. The molecule has 0 saturated carbocycles. The Morgan fingerprint density at radius 3 is 2.59 bits per heavy atom. The minimum atomic E-state index is -0.645. The van der Waals surface area contributed by atoms with Crippen molar-refractivity contribution in [3.05, 3.63) is 92.1 Å². The zero-order valence-corrected chi connectivity index (χ0v) is 19.1. The highest BCUT2D eigenvalue weighted by molar-refractivity contribution is 6.42. The number of nitrogens with zero attached hydrogens (tertiary/aromatic N) is 3. The first-order chi connectivity index (χ1) is 15.4. The van der Waals surface area contributed by atoms with Crippen molar-refractivity contribution in [2.75, 3.05) is 0 Å². The van der Waals surface area contributed by atoms with Gasteiger partial charge in [0.1, 0.15) is 11.2 Å². The van der Waals surface area contributed by atoms with Crippen LogP contribution >= 0.6 is 23.2 Å². The molecule has 0 amide bonds. The van der Waals surface area contributed by atoms with Crippen molar-refractivity contribution < 1.29 is 5.11 Å². The van der Waals surface area contributed by atoms with Crippen LogP contribution in [0.4, 0.5) is 0 Å². The van der Waals surface area contributed by atoms with Crippen LogP contribution in [0.5, 0.6) is 0 Å². The highest BCUT2D eigenvalue weighted by Crippen LogP contribution is 2.25. The number of aryl methyl sites for hydroxylation is 1. The van der Waals surface area contributed by atoms with Crippen LogP contribution in [0.15, 0.2) is 59.5 Å². The summed E-state index contributed by atoms with van der Waals surface area (Å²) in [7, 11) is 0. The molecule has 2 aromatic heterocycles. The van der Waals surface area contributed by atoms with Crippen LogP contribution in [0.2, 0.25) is 10.0 Å². The quantitative estimate of drug-likeness (QED) is 0.381. The third-order valence-corrected chi connectivity index (χ3v) is 6.29. The summed E-state index contributed by atoms with van der Waals surface area (Å²) in [5.74, 6) is 0.497. The maximum atomic E-state index is 12.7. The van der Waals surface area contributed by atoms with Crippen LogP contribution in [0, 0.1) is 0 Å². The molecule has 166 valence electrons. The van der Waals surface area contributed by atoms with Gasteiger partial charge in [0.25, 0.3) is 5.56 Å². The number of hydrogen-bond donors (Lipinski definition) is 2. The summed E-state index contributed by atoms with van der Waals surface area (Å²) in [5, 5.41) is 16.2. The van der Waals surface area contributed by atoms with Gasteiger partial charge in [0.2, 0.25) is 0 Å². The Morgan fingerprint density at radius 1 is 1.09 bits per heavy atom. The molecule has 2 atom stereocenters. The second-order valence-corrected chi connectivity index (χ2v) is 8.76. The lowest BCUT2D eigenvalue weighted by Gasteiger charge is -2.21. The average molecular weight is 471 g/mol. The molecule has 2 N–H and O–H groups in total. The third kappa shape index (κ3) is 5.04. The van der Waals surface area contributed by atoms with E-state index < -0.39 is 6.10 Å². The molecule has 0 aliphatic rings. The number of benzene rings is 2. The van der Waals surface area contributed by atoms with Gasteiger partial charge in [-0.2, -0.15) is 5.10 Å². The van der Waals surface area contributed by atoms with E-state index in [1.165, 1.54) is 11.8 Å². The summed E-state index contributed by atoms with van der Waals surface area (Å²) < 4.78 is 1.68. The zero-order chi connectivity index (χ0) is 22.7. The van der Waals surface area contributed by atoms with Gasteiger partial charge in [-0.3, -0.25) is 4.79 Å². The van der Waals surface area contributed by atoms with Crippen LogP contribution in [0.3, 0.4) is 0 Å². The van der Waals surface area contributed by atoms with E-state index in [0.29, 0.717) is 39.7 Å². The molecular weight excluding hydrogens is 447 g/mol. The molecule has 4 rings (SSSR count). The average Bonchev–Trinajstić information content (AvgIpc) is 3.18. The third-order valence-electron chi connectivity index (χ3n) is 5.55. The van der Waals surface area contributed by atoms with Crippen LogP contribution in [-0.4, -0.2) is 31.0 Å². The van der Waals surface area contributed by atoms with Gasteiger partial charge < -0.3 is 10.1 Å². The first-order valence-electron chi connectivity index (χ1n) is 10.5. The van der Waals surface area contributed by atoms with Gasteiger partial charge in [-0.05, 0) is 49.4 Å². The first-order valence-corrected chi connectivity index (χ1v) is 11.3. The Bertz CT molecular complexity index is 1270. The Kier molecular flexibility index (Phi) is 6.94. The molecule has 0 aliphatic carbocycles. The second kappa shape index (κ2) is 9.86. The molecule has 0 saturated heterocycles. The maximum absolute atomic E-state index is 12.7. The van der Waals surface area contributed by atoms with Crippen LogP contribution in [-0.2, 0) is 12.8 Å². The number of halogens is 2. The Morgan fingerprint density at radius 2 is 1.88 bits per heavy atom. The van der Waals surface area contributed by atoms with Gasteiger partial charge in [0.05, 0.1) is 28.4 Å². The van der Waals surface area contributed by atoms with Crippen molar-refractivity contribution in [1.29, 1.82) is 0 Å². The van der Waals surface area contributed by atoms with E-state index in [9.17, 15) is 9.90 Å². The predicted octanol–water partition coefficient (Wildman–Crippen LogP) is 4.96. The normalized spacial score (nSPS) is 13.4. The van der Waals surface area contributed by atoms with Gasteiger partial charge >= 0.3 is 0 Å². The van der Waals surface area contributed by atoms with Crippen LogP contribution < -0.4 is 5.56 Å². The summed E-state index contributed by atoms with van der Waals surface area (Å²) in [6.07, 6.45) is 3.74. The van der Waals surface area contributed by atoms with Gasteiger partial charge in [0.15, 0.2) is 5.65 Å². The Hall–Kier alpha value is -2.67. The molecule has 8 heteroatoms. The molecule has 0 bridgehead atoms. The van der Waals surface area contributed by atoms with Gasteiger partial charge in [-0.1, -0.05) is 59.6 Å². The summed E-state index contributed by atoms with van der Waals surface area (Å²) >= 11 is 12.1. The van der Waals surface area contributed by atoms with Crippen molar-refractivity contribution in [2.24, 2.45) is 0 Å². The van der Waals surface area contributed by atoms with E-state index in [1.807, 2.05) is 24.3 Å². The first kappa shape index (κ1) is 22.5. The van der Waals surface area contributed by atoms with E-state index in [1.54, 1.807) is 23.7 Å². The van der Waals surface area contributed by atoms with Crippen molar-refractivity contribution in [2.45, 2.75) is 44.8 Å². The highest BCUT2D eigenvalue weighted by atomic mass is 35.5. The van der Waals surface area contributed by atoms with Gasteiger partial charge in [0, 0.05) is 6.42 Å². The van der Waals surface area contributed by atoms with Gasteiger partial charge in [-0.25, -0.2) is 9.67 Å². The van der Waals surface area contributed by atoms with E-state index >= 15 is 0 Å². The molecular formula is C24H24Cl2N4O2. The molecule has 4 aromatic rings. The van der Waals surface area contributed by atoms with E-state index in [4.69, 9.17) is 23.2 Å². The summed E-state index contributed by atoms with van der Waals surface area (Å²) in [6, 6.07) is 15.3. The van der Waals surface area contributed by atoms with E-state index in [-0.39, 0.29) is 11.6 Å². The maximum Gasteiger partial charge on any atom is 0.262 e. The van der Waals surface area contributed by atoms with E-state index in [0.717, 1.165) is 18.4 Å². The van der Waals surface area contributed by atoms with Crippen molar-refractivity contribution in [1.82, 2.24) is 19.7 Å². The zero-order valence-electron chi connectivity index (χ0n) is 17.6. The molecule has 2 aromatic carbocycles. The lowest BCUT2D eigenvalue weighted by Crippen LogP contribution is -2.24. The number of aromatic amines is 1. The van der Waals surface area contributed by atoms with Crippen molar-refractivity contribution in [3.8, 4) is 0 Å². The smallest absolute Gasteiger partial charge is 0.262 e. The molecule has 0 aliphatic heterocycles. The number of hydrogen-bond acceptors (Lipinski definition) is 4. The summed E-state index contributed by atoms with van der Waals surface area (Å²) in [4.78, 5) is 20.1. The number of nitrogens with one attached hydrogen (secondary N) is 1. The van der Waals surface area contributed by atoms with E-state index in [2.05, 4.69) is 27.2 Å². The molecule has 0 fully saturated rings. The van der Waals surface area contributed by atoms with Crippen molar-refractivity contribution in [3.63, 3.8) is 0 Å². The number of aliphatic hydroxyl groups is 1. The predicted molar refractivity (Wildman–Crippen MR) is 128 cm³/mol. The number of aromatic nitrogens is 4. The SMILES string of the molecule is CC(O)C(CCCc1ccccc1)n1ncc2c(=O)[nH]c(Cc3ccc(Cl)c(Cl)c3)nc21. The second-order valence-electron chi connectivity index (χ2n) is 7.95. The fraction of sp³-hybridized carbons (Fsp3) is 0.292. The lowest BCUT2D eigenvalue weighted by atomic mass is 10.0. The summed E-state index contributed by atoms with van der Waals surface area (Å²) in [5.41, 5.74) is 2.34. The Balaban J connectivity index is 1.60.